The van der Waals surface area contributed by atoms with Gasteiger partial charge >= 0.3 is 0 Å². The van der Waals surface area contributed by atoms with Gasteiger partial charge in [-0.25, -0.2) is 9.78 Å². The van der Waals surface area contributed by atoms with Gasteiger partial charge in [-0.2, -0.15) is 0 Å². The molecule has 5 fully saturated rings. The van der Waals surface area contributed by atoms with Gasteiger partial charge in [0.15, 0.2) is 11.9 Å². The minimum absolute atomic E-state index is 0. The summed E-state index contributed by atoms with van der Waals surface area (Å²) < 4.78 is 12.2. The number of fused-ring (bicyclic) bond motifs is 2. The van der Waals surface area contributed by atoms with Crippen molar-refractivity contribution in [3.63, 3.8) is 0 Å². The van der Waals surface area contributed by atoms with E-state index in [-0.39, 0.29) is 19.9 Å². The van der Waals surface area contributed by atoms with Crippen molar-refractivity contribution < 1.29 is 25.8 Å². The van der Waals surface area contributed by atoms with E-state index in [1.54, 1.807) is 6.92 Å². The van der Waals surface area contributed by atoms with Gasteiger partial charge in [-0.3, -0.25) is 0 Å². The van der Waals surface area contributed by atoms with Crippen LogP contribution >= 0.6 is 0 Å². The van der Waals surface area contributed by atoms with E-state index in [0.717, 1.165) is 19.4 Å². The normalized spacial score (nSPS) is 48.9. The molecule has 5 aliphatic rings. The largest absolute Gasteiger partial charge is 0.397 e. The highest BCUT2D eigenvalue weighted by molar-refractivity contribution is 5.08. The third kappa shape index (κ3) is 3.26. The number of rotatable bonds is 0. The van der Waals surface area contributed by atoms with Crippen molar-refractivity contribution in [1.82, 2.24) is 0 Å². The van der Waals surface area contributed by atoms with E-state index in [9.17, 15) is 0 Å². The van der Waals surface area contributed by atoms with Gasteiger partial charge in [0.2, 0.25) is 5.79 Å². The Balaban J connectivity index is 0.000000475. The monoisotopic (exact) mass is 346 g/mol. The molecule has 4 saturated heterocycles. The van der Waals surface area contributed by atoms with Crippen molar-refractivity contribution in [1.29, 1.82) is 0 Å². The Morgan fingerprint density at radius 2 is 1.67 bits per heavy atom. The summed E-state index contributed by atoms with van der Waals surface area (Å²) in [6, 6.07) is 0. The van der Waals surface area contributed by atoms with Crippen molar-refractivity contribution in [2.24, 2.45) is 23.7 Å². The average Bonchev–Trinajstić information content (AvgIpc) is 2.80. The fourth-order valence-corrected chi connectivity index (χ4v) is 4.88. The smallest absolute Gasteiger partial charge is 0.201 e. The first kappa shape index (κ1) is 20.1. The van der Waals surface area contributed by atoms with E-state index in [1.807, 2.05) is 20.8 Å². The Morgan fingerprint density at radius 3 is 2.33 bits per heavy atom. The number of aliphatic hydroxyl groups excluding tert-OH is 1. The lowest BCUT2D eigenvalue weighted by molar-refractivity contribution is -0.566. The lowest BCUT2D eigenvalue weighted by atomic mass is 9.58. The molecule has 1 spiro atoms. The maximum absolute atomic E-state index is 7.57. The molecule has 0 amide bonds. The Morgan fingerprint density at radius 1 is 1.04 bits per heavy atom. The van der Waals surface area contributed by atoms with Gasteiger partial charge in [-0.15, -0.1) is 0 Å². The first-order valence-corrected chi connectivity index (χ1v) is 9.74. The van der Waals surface area contributed by atoms with E-state index in [0.29, 0.717) is 23.7 Å². The quantitative estimate of drug-likeness (QED) is 0.668. The van der Waals surface area contributed by atoms with Gasteiger partial charge in [-0.05, 0) is 50.9 Å². The van der Waals surface area contributed by atoms with Gasteiger partial charge < -0.3 is 14.6 Å². The standard InChI is InChI=1S/C15H24O4.C2H6O.C2H6.H2/c1-9-4-5-11-10(2)8-16-13-15(11)12(9)6-7-14(3,17-13)18-19-15;1-2-3;1-2;/h9-13H,4-8H2,1-3H3;3H,2H2,1H3;1-2H3;1H/t9-,10+,11+,12+,13?,14-,15+;;;/m1.../s1. The molecule has 1 aliphatic carbocycles. The van der Waals surface area contributed by atoms with Crippen LogP contribution in [0.1, 0.15) is 68.7 Å². The van der Waals surface area contributed by atoms with Crippen molar-refractivity contribution in [2.75, 3.05) is 13.2 Å². The fraction of sp³-hybridized carbons (Fsp3) is 1.00. The zero-order valence-electron chi connectivity index (χ0n) is 16.2. The second kappa shape index (κ2) is 8.00. The SMILES string of the molecule is CC.CCO.C[C@@H]1CC[C@H]2[C@@H](C)COC3O[C@@]4(C)CC[C@@H]1[C@]32OO4.[HH]. The minimum Gasteiger partial charge on any atom is -0.397 e. The van der Waals surface area contributed by atoms with E-state index in [2.05, 4.69) is 13.8 Å². The Labute approximate surface area is 148 Å². The molecular weight excluding hydrogens is 308 g/mol. The third-order valence-electron chi connectivity index (χ3n) is 5.97. The molecule has 144 valence electrons. The highest BCUT2D eigenvalue weighted by Crippen LogP contribution is 2.59. The van der Waals surface area contributed by atoms with Crippen LogP contribution in [0.3, 0.4) is 0 Å². The second-order valence-electron chi connectivity index (χ2n) is 7.54. The van der Waals surface area contributed by atoms with Crippen LogP contribution in [0.2, 0.25) is 0 Å². The lowest BCUT2D eigenvalue weighted by Crippen LogP contribution is -2.68. The van der Waals surface area contributed by atoms with Crippen LogP contribution in [0.4, 0.5) is 0 Å². The maximum Gasteiger partial charge on any atom is 0.201 e. The van der Waals surface area contributed by atoms with Crippen LogP contribution < -0.4 is 0 Å². The molecule has 0 aromatic rings. The molecule has 1 unspecified atom stereocenters. The summed E-state index contributed by atoms with van der Waals surface area (Å²) in [7, 11) is 0. The molecule has 1 N–H and O–H groups in total. The molecule has 7 atom stereocenters. The maximum atomic E-state index is 7.57. The molecule has 4 heterocycles. The Hall–Kier alpha value is -0.200. The van der Waals surface area contributed by atoms with Gasteiger partial charge in [0.25, 0.3) is 0 Å². The van der Waals surface area contributed by atoms with Crippen LogP contribution in [0, 0.1) is 23.7 Å². The van der Waals surface area contributed by atoms with Crippen LogP contribution in [0.5, 0.6) is 0 Å². The predicted molar refractivity (Wildman–Crippen MR) is 94.1 cm³/mol. The molecule has 5 heteroatoms. The summed E-state index contributed by atoms with van der Waals surface area (Å²) in [6.45, 7) is 13.3. The van der Waals surface area contributed by atoms with E-state index in [4.69, 9.17) is 24.4 Å². The van der Waals surface area contributed by atoms with Crippen molar-refractivity contribution in [3.05, 3.63) is 0 Å². The summed E-state index contributed by atoms with van der Waals surface area (Å²) >= 11 is 0. The zero-order valence-corrected chi connectivity index (χ0v) is 16.2. The van der Waals surface area contributed by atoms with Crippen molar-refractivity contribution >= 4 is 0 Å². The highest BCUT2D eigenvalue weighted by Gasteiger charge is 2.67. The number of aliphatic hydroxyl groups is 1. The summed E-state index contributed by atoms with van der Waals surface area (Å²) in [4.78, 5) is 11.7. The van der Waals surface area contributed by atoms with Gasteiger partial charge in [-0.1, -0.05) is 27.7 Å². The van der Waals surface area contributed by atoms with Crippen LogP contribution in [-0.2, 0) is 19.2 Å². The average molecular weight is 347 g/mol. The molecule has 24 heavy (non-hydrogen) atoms. The fourth-order valence-electron chi connectivity index (χ4n) is 4.88. The van der Waals surface area contributed by atoms with E-state index >= 15 is 0 Å². The number of hydrogen-bond donors (Lipinski definition) is 1. The molecule has 5 rings (SSSR count). The third-order valence-corrected chi connectivity index (χ3v) is 5.97. The Kier molecular flexibility index (Phi) is 6.71. The van der Waals surface area contributed by atoms with E-state index < -0.39 is 5.79 Å². The van der Waals surface area contributed by atoms with Gasteiger partial charge in [0, 0.05) is 20.4 Å². The second-order valence-corrected chi connectivity index (χ2v) is 7.54. The van der Waals surface area contributed by atoms with Crippen molar-refractivity contribution in [2.45, 2.75) is 84.9 Å². The summed E-state index contributed by atoms with van der Waals surface area (Å²) in [5.41, 5.74) is -0.370. The molecular formula is C19H38O5. The molecule has 4 aliphatic heterocycles. The molecule has 0 aromatic carbocycles. The molecule has 0 radical (unpaired) electrons. The molecule has 5 nitrogen and oxygen atoms in total. The number of hydrogen-bond acceptors (Lipinski definition) is 5. The van der Waals surface area contributed by atoms with Crippen LogP contribution in [0.25, 0.3) is 0 Å². The first-order valence-electron chi connectivity index (χ1n) is 9.74. The summed E-state index contributed by atoms with van der Waals surface area (Å²) in [5, 5.41) is 7.57. The van der Waals surface area contributed by atoms with Crippen LogP contribution in [0.15, 0.2) is 0 Å². The molecule has 0 aromatic heterocycles. The minimum atomic E-state index is -0.627. The lowest BCUT2D eigenvalue weighted by Gasteiger charge is -2.58. The van der Waals surface area contributed by atoms with Crippen LogP contribution in [-0.4, -0.2) is 36.0 Å². The Bertz CT molecular complexity index is 409. The predicted octanol–water partition coefficient (Wildman–Crippen LogP) is 4.14. The molecule has 1 saturated carbocycles. The summed E-state index contributed by atoms with van der Waals surface area (Å²) in [6.07, 6.45) is 4.24. The van der Waals surface area contributed by atoms with Gasteiger partial charge in [0.05, 0.1) is 6.61 Å². The van der Waals surface area contributed by atoms with E-state index in [1.165, 1.54) is 12.8 Å². The van der Waals surface area contributed by atoms with Gasteiger partial charge in [0.1, 0.15) is 0 Å². The number of ether oxygens (including phenoxy) is 2. The first-order chi connectivity index (χ1) is 11.5. The zero-order chi connectivity index (χ0) is 18.0. The van der Waals surface area contributed by atoms with Crippen molar-refractivity contribution in [3.8, 4) is 0 Å². The highest BCUT2D eigenvalue weighted by atomic mass is 17.3. The molecule has 2 bridgehead atoms. The topological polar surface area (TPSA) is 57.2 Å². The summed E-state index contributed by atoms with van der Waals surface area (Å²) in [5.74, 6) is 1.53.